The van der Waals surface area contributed by atoms with Gasteiger partial charge < -0.3 is 4.52 Å². The maximum Gasteiger partial charge on any atom is 0.248 e. The second kappa shape index (κ2) is 5.07. The molecule has 0 spiro atoms. The minimum Gasteiger partial charge on any atom is -0.337 e. The molecule has 0 amide bonds. The summed E-state index contributed by atoms with van der Waals surface area (Å²) in [6.45, 7) is 0.445. The van der Waals surface area contributed by atoms with Gasteiger partial charge in [-0.2, -0.15) is 4.98 Å². The van der Waals surface area contributed by atoms with Crippen LogP contribution in [0.3, 0.4) is 0 Å². The molecule has 3 aromatic rings. The first-order valence-corrected chi connectivity index (χ1v) is 7.56. The number of aromatic nitrogens is 5. The zero-order chi connectivity index (χ0) is 14.2. The molecule has 0 aliphatic heterocycles. The third-order valence-electron chi connectivity index (χ3n) is 3.40. The Hall–Kier alpha value is -2.02. The van der Waals surface area contributed by atoms with Crippen molar-refractivity contribution in [2.75, 3.05) is 0 Å². The standard InChI is InChI=1S/C14H12BrN5O/c15-11-3-1-2-10(6-11)14-16-13(21-18-14)8-20-7-12(17-19-20)9-4-5-9/h1-3,6-7,9H,4-5,8H2. The smallest absolute Gasteiger partial charge is 0.248 e. The van der Waals surface area contributed by atoms with E-state index in [2.05, 4.69) is 36.4 Å². The van der Waals surface area contributed by atoms with Crippen LogP contribution in [0.4, 0.5) is 0 Å². The van der Waals surface area contributed by atoms with Crippen LogP contribution in [0, 0.1) is 0 Å². The lowest BCUT2D eigenvalue weighted by Crippen LogP contribution is -2.00. The van der Waals surface area contributed by atoms with Crippen molar-refractivity contribution in [1.82, 2.24) is 25.1 Å². The van der Waals surface area contributed by atoms with Gasteiger partial charge in [0.15, 0.2) is 0 Å². The summed E-state index contributed by atoms with van der Waals surface area (Å²) in [5.74, 6) is 1.70. The van der Waals surface area contributed by atoms with Crippen molar-refractivity contribution in [3.63, 3.8) is 0 Å². The second-order valence-corrected chi connectivity index (χ2v) is 6.05. The van der Waals surface area contributed by atoms with E-state index < -0.39 is 0 Å². The van der Waals surface area contributed by atoms with E-state index in [9.17, 15) is 0 Å². The van der Waals surface area contributed by atoms with Crippen molar-refractivity contribution in [3.05, 3.63) is 46.5 Å². The fourth-order valence-electron chi connectivity index (χ4n) is 2.16. The van der Waals surface area contributed by atoms with Gasteiger partial charge in [-0.25, -0.2) is 4.68 Å². The lowest BCUT2D eigenvalue weighted by molar-refractivity contribution is 0.364. The Morgan fingerprint density at radius 1 is 1.33 bits per heavy atom. The summed E-state index contributed by atoms with van der Waals surface area (Å²) in [6, 6.07) is 7.80. The Labute approximate surface area is 129 Å². The third-order valence-corrected chi connectivity index (χ3v) is 3.89. The van der Waals surface area contributed by atoms with Crippen LogP contribution in [0.2, 0.25) is 0 Å². The lowest BCUT2D eigenvalue weighted by Gasteiger charge is -1.94. The first-order chi connectivity index (χ1) is 10.3. The van der Waals surface area contributed by atoms with Gasteiger partial charge in [0.2, 0.25) is 11.7 Å². The molecule has 2 heterocycles. The maximum atomic E-state index is 5.28. The molecule has 21 heavy (non-hydrogen) atoms. The predicted molar refractivity (Wildman–Crippen MR) is 78.5 cm³/mol. The van der Waals surface area contributed by atoms with Gasteiger partial charge in [0.25, 0.3) is 0 Å². The molecule has 4 rings (SSSR count). The zero-order valence-electron chi connectivity index (χ0n) is 11.1. The third kappa shape index (κ3) is 2.73. The molecule has 0 atom stereocenters. The summed E-state index contributed by atoms with van der Waals surface area (Å²) >= 11 is 3.43. The van der Waals surface area contributed by atoms with Gasteiger partial charge in [0, 0.05) is 22.2 Å². The Kier molecular flexibility index (Phi) is 3.07. The topological polar surface area (TPSA) is 69.6 Å². The molecule has 1 fully saturated rings. The minimum atomic E-state index is 0.445. The van der Waals surface area contributed by atoms with Crippen LogP contribution < -0.4 is 0 Å². The molecule has 0 N–H and O–H groups in total. The van der Waals surface area contributed by atoms with Gasteiger partial charge in [0.1, 0.15) is 6.54 Å². The first kappa shape index (κ1) is 12.7. The van der Waals surface area contributed by atoms with E-state index in [0.717, 1.165) is 15.7 Å². The van der Waals surface area contributed by atoms with Gasteiger partial charge in [-0.3, -0.25) is 0 Å². The normalized spacial score (nSPS) is 14.5. The Morgan fingerprint density at radius 3 is 3.05 bits per heavy atom. The highest BCUT2D eigenvalue weighted by Gasteiger charge is 2.26. The number of nitrogens with zero attached hydrogens (tertiary/aromatic N) is 5. The fourth-order valence-corrected chi connectivity index (χ4v) is 2.56. The molecule has 0 bridgehead atoms. The summed E-state index contributed by atoms with van der Waals surface area (Å²) in [6.07, 6.45) is 4.39. The van der Waals surface area contributed by atoms with Crippen LogP contribution >= 0.6 is 15.9 Å². The number of rotatable bonds is 4. The van der Waals surface area contributed by atoms with E-state index in [1.54, 1.807) is 4.68 Å². The largest absolute Gasteiger partial charge is 0.337 e. The maximum absolute atomic E-state index is 5.28. The molecule has 1 aliphatic rings. The average molecular weight is 346 g/mol. The molecular weight excluding hydrogens is 334 g/mol. The molecule has 0 saturated heterocycles. The molecule has 7 heteroatoms. The molecule has 2 aromatic heterocycles. The average Bonchev–Trinajstić information content (AvgIpc) is 3.05. The van der Waals surface area contributed by atoms with Gasteiger partial charge in [-0.05, 0) is 25.0 Å². The van der Waals surface area contributed by atoms with Gasteiger partial charge >= 0.3 is 0 Å². The minimum absolute atomic E-state index is 0.445. The number of hydrogen-bond acceptors (Lipinski definition) is 5. The van der Waals surface area contributed by atoms with Crippen LogP contribution in [0.25, 0.3) is 11.4 Å². The van der Waals surface area contributed by atoms with Crippen LogP contribution in [-0.4, -0.2) is 25.1 Å². The summed E-state index contributed by atoms with van der Waals surface area (Å²) in [7, 11) is 0. The van der Waals surface area contributed by atoms with Crippen molar-refractivity contribution in [1.29, 1.82) is 0 Å². The highest BCUT2D eigenvalue weighted by atomic mass is 79.9. The summed E-state index contributed by atoms with van der Waals surface area (Å²) in [5, 5.41) is 12.3. The molecule has 1 aliphatic carbocycles. The Morgan fingerprint density at radius 2 is 2.24 bits per heavy atom. The first-order valence-electron chi connectivity index (χ1n) is 6.76. The summed E-state index contributed by atoms with van der Waals surface area (Å²) in [5.41, 5.74) is 1.97. The van der Waals surface area contributed by atoms with Crippen LogP contribution in [-0.2, 0) is 6.54 Å². The van der Waals surface area contributed by atoms with Crippen molar-refractivity contribution in [2.24, 2.45) is 0 Å². The Balaban J connectivity index is 1.53. The highest BCUT2D eigenvalue weighted by Crippen LogP contribution is 2.38. The van der Waals surface area contributed by atoms with E-state index in [-0.39, 0.29) is 0 Å². The quantitative estimate of drug-likeness (QED) is 0.726. The monoisotopic (exact) mass is 345 g/mol. The fraction of sp³-hybridized carbons (Fsp3) is 0.286. The van der Waals surface area contributed by atoms with E-state index in [4.69, 9.17) is 4.52 Å². The van der Waals surface area contributed by atoms with Crippen LogP contribution in [0.1, 0.15) is 30.3 Å². The molecule has 1 aromatic carbocycles. The molecular formula is C14H12BrN5O. The SMILES string of the molecule is Brc1cccc(-c2noc(Cn3cc(C4CC4)nn3)n2)c1. The van der Waals surface area contributed by atoms with Crippen LogP contribution in [0.15, 0.2) is 39.5 Å². The zero-order valence-corrected chi connectivity index (χ0v) is 12.7. The molecule has 106 valence electrons. The number of benzene rings is 1. The predicted octanol–water partition coefficient (Wildman–Crippen LogP) is 3.02. The Bertz CT molecular complexity index is 777. The van der Waals surface area contributed by atoms with Crippen LogP contribution in [0.5, 0.6) is 0 Å². The molecule has 0 unspecified atom stereocenters. The molecule has 0 radical (unpaired) electrons. The number of hydrogen-bond donors (Lipinski definition) is 0. The van der Waals surface area contributed by atoms with E-state index >= 15 is 0 Å². The van der Waals surface area contributed by atoms with E-state index in [1.165, 1.54) is 12.8 Å². The van der Waals surface area contributed by atoms with E-state index in [1.807, 2.05) is 30.5 Å². The van der Waals surface area contributed by atoms with Gasteiger partial charge in [0.05, 0.1) is 5.69 Å². The summed E-state index contributed by atoms with van der Waals surface area (Å²) in [4.78, 5) is 4.40. The van der Waals surface area contributed by atoms with Crippen molar-refractivity contribution in [2.45, 2.75) is 25.3 Å². The molecule has 1 saturated carbocycles. The van der Waals surface area contributed by atoms with E-state index in [0.29, 0.717) is 24.2 Å². The van der Waals surface area contributed by atoms with Gasteiger partial charge in [-0.1, -0.05) is 38.4 Å². The second-order valence-electron chi connectivity index (χ2n) is 5.14. The van der Waals surface area contributed by atoms with Crippen molar-refractivity contribution in [3.8, 4) is 11.4 Å². The lowest BCUT2D eigenvalue weighted by atomic mass is 10.2. The van der Waals surface area contributed by atoms with Crippen molar-refractivity contribution >= 4 is 15.9 Å². The summed E-state index contributed by atoms with van der Waals surface area (Å²) < 4.78 is 8.01. The molecule has 6 nitrogen and oxygen atoms in total. The number of halogens is 1. The van der Waals surface area contributed by atoms with Gasteiger partial charge in [-0.15, -0.1) is 5.10 Å². The highest BCUT2D eigenvalue weighted by molar-refractivity contribution is 9.10. The van der Waals surface area contributed by atoms with Crippen molar-refractivity contribution < 1.29 is 4.52 Å².